The fourth-order valence-corrected chi connectivity index (χ4v) is 7.20. The van der Waals surface area contributed by atoms with Crippen LogP contribution in [0.5, 0.6) is 0 Å². The largest absolute Gasteiger partial charge is 0.472 e. The van der Waals surface area contributed by atoms with Gasteiger partial charge in [0.2, 0.25) is 0 Å². The predicted octanol–water partition coefficient (Wildman–Crippen LogP) is 14.2. The number of rotatable bonds is 44. The molecule has 0 fully saturated rings. The maximum absolute atomic E-state index is 12.7. The van der Waals surface area contributed by atoms with Crippen LogP contribution in [-0.4, -0.2) is 75.6 Å². The smallest absolute Gasteiger partial charge is 0.457 e. The summed E-state index contributed by atoms with van der Waals surface area (Å²) >= 11 is 0. The minimum Gasteiger partial charge on any atom is -0.457 e. The van der Waals surface area contributed by atoms with Crippen LogP contribution in [0.25, 0.3) is 0 Å². The van der Waals surface area contributed by atoms with E-state index in [1.165, 1.54) is 135 Å². The molecule has 1 N–H and O–H groups in total. The molecule has 2 atom stereocenters. The average Bonchev–Trinajstić information content (AvgIpc) is 3.16. The Morgan fingerprint density at radius 3 is 1.46 bits per heavy atom. The number of likely N-dealkylation sites (N-methyl/N-ethyl adjacent to an activating group) is 1. The molecule has 0 aliphatic carbocycles. The van der Waals surface area contributed by atoms with Crippen molar-refractivity contribution in [2.75, 3.05) is 54.1 Å². The van der Waals surface area contributed by atoms with Gasteiger partial charge in [0.15, 0.2) is 0 Å². The molecule has 8 nitrogen and oxygen atoms in total. The van der Waals surface area contributed by atoms with E-state index in [1.807, 2.05) is 21.1 Å². The van der Waals surface area contributed by atoms with Crippen molar-refractivity contribution in [1.29, 1.82) is 0 Å². The number of hydrogen-bond acceptors (Lipinski definition) is 6. The number of esters is 1. The van der Waals surface area contributed by atoms with Gasteiger partial charge in [-0.2, -0.15) is 0 Å². The Morgan fingerprint density at radius 1 is 0.544 bits per heavy atom. The number of ether oxygens (including phenoxy) is 2. The molecule has 336 valence electrons. The first-order valence-electron chi connectivity index (χ1n) is 23.7. The lowest BCUT2D eigenvalue weighted by Crippen LogP contribution is -2.37. The molecule has 2 unspecified atom stereocenters. The highest BCUT2D eigenvalue weighted by atomic mass is 31.2. The van der Waals surface area contributed by atoms with Gasteiger partial charge in [-0.3, -0.25) is 13.8 Å². The number of unbranched alkanes of at least 4 members (excludes halogenated alkanes) is 24. The first-order chi connectivity index (χ1) is 27.6. The van der Waals surface area contributed by atoms with E-state index < -0.39 is 13.9 Å². The molecule has 0 aliphatic rings. The van der Waals surface area contributed by atoms with Crippen LogP contribution in [0.1, 0.15) is 206 Å². The number of quaternary nitrogens is 1. The molecular formula is C48H93NO7P+. The SMILES string of the molecule is CCCCCC/C=C\C/C=C\CCCCCCCCCCOCC(COP(=O)(O)OCC[N+](C)(C)C)OC(=O)CCCCCCC/C=C\CCCCCCCCC. The first-order valence-corrected chi connectivity index (χ1v) is 25.2. The Bertz CT molecular complexity index is 1010. The zero-order chi connectivity index (χ0) is 42.0. The van der Waals surface area contributed by atoms with Gasteiger partial charge < -0.3 is 18.9 Å². The first kappa shape index (κ1) is 55.7. The summed E-state index contributed by atoms with van der Waals surface area (Å²) < 4.78 is 35.1. The molecule has 57 heavy (non-hydrogen) atoms. The standard InChI is InChI=1S/C48H92NO7P/c1-6-8-10-12-14-16-18-20-22-24-25-26-28-30-32-34-36-38-40-43-53-45-47(46-55-57(51,52)54-44-42-49(3,4)5)56-48(50)41-39-37-35-33-31-29-27-23-21-19-17-15-13-11-9-7-2/h16,18,22-24,27,47H,6-15,17,19-21,25-26,28-46H2,1-5H3/p+1/b18-16-,24-22-,27-23-. The van der Waals surface area contributed by atoms with E-state index in [0.29, 0.717) is 24.1 Å². The number of phosphoric acid groups is 1. The molecule has 0 spiro atoms. The molecule has 0 saturated heterocycles. The Kier molecular flexibility index (Phi) is 40.5. The van der Waals surface area contributed by atoms with E-state index in [4.69, 9.17) is 18.5 Å². The van der Waals surface area contributed by atoms with E-state index in [-0.39, 0.29) is 25.8 Å². The maximum atomic E-state index is 12.7. The number of hydrogen-bond donors (Lipinski definition) is 1. The topological polar surface area (TPSA) is 91.3 Å². The van der Waals surface area contributed by atoms with Crippen LogP contribution in [0.15, 0.2) is 36.5 Å². The lowest BCUT2D eigenvalue weighted by atomic mass is 10.1. The van der Waals surface area contributed by atoms with Crippen molar-refractivity contribution >= 4 is 13.8 Å². The number of carbonyl (C=O) groups excluding carboxylic acids is 1. The molecule has 0 radical (unpaired) electrons. The minimum atomic E-state index is -4.28. The Labute approximate surface area is 353 Å². The summed E-state index contributed by atoms with van der Waals surface area (Å²) in [5, 5.41) is 0. The van der Waals surface area contributed by atoms with Gasteiger partial charge in [0.1, 0.15) is 19.3 Å². The number of allylic oxidation sites excluding steroid dienone is 6. The van der Waals surface area contributed by atoms with Crippen LogP contribution < -0.4 is 0 Å². The number of carbonyl (C=O) groups is 1. The highest BCUT2D eigenvalue weighted by molar-refractivity contribution is 7.47. The summed E-state index contributed by atoms with van der Waals surface area (Å²) in [6, 6.07) is 0. The van der Waals surface area contributed by atoms with Crippen LogP contribution in [0.4, 0.5) is 0 Å². The molecule has 0 amide bonds. The quantitative estimate of drug-likeness (QED) is 0.0215. The summed E-state index contributed by atoms with van der Waals surface area (Å²) in [5.41, 5.74) is 0. The minimum absolute atomic E-state index is 0.0858. The van der Waals surface area contributed by atoms with E-state index in [0.717, 1.165) is 51.4 Å². The summed E-state index contributed by atoms with van der Waals surface area (Å²) in [7, 11) is 1.66. The van der Waals surface area contributed by atoms with Crippen molar-refractivity contribution in [2.24, 2.45) is 0 Å². The second-order valence-electron chi connectivity index (χ2n) is 17.1. The summed E-state index contributed by atoms with van der Waals surface area (Å²) in [4.78, 5) is 22.9. The second kappa shape index (κ2) is 41.5. The van der Waals surface area contributed by atoms with Crippen molar-refractivity contribution in [3.8, 4) is 0 Å². The molecule has 0 bridgehead atoms. The van der Waals surface area contributed by atoms with Gasteiger partial charge in [-0.1, -0.05) is 166 Å². The third-order valence-corrected chi connectivity index (χ3v) is 11.2. The molecule has 0 rings (SSSR count). The average molecular weight is 827 g/mol. The fourth-order valence-electron chi connectivity index (χ4n) is 6.46. The Morgan fingerprint density at radius 2 is 0.965 bits per heavy atom. The van der Waals surface area contributed by atoms with Crippen molar-refractivity contribution in [3.05, 3.63) is 36.5 Å². The molecule has 0 heterocycles. The highest BCUT2D eigenvalue weighted by Gasteiger charge is 2.26. The molecule has 0 aliphatic heterocycles. The predicted molar refractivity (Wildman–Crippen MR) is 243 cm³/mol. The molecule has 9 heteroatoms. The van der Waals surface area contributed by atoms with Crippen molar-refractivity contribution in [1.82, 2.24) is 0 Å². The lowest BCUT2D eigenvalue weighted by Gasteiger charge is -2.24. The van der Waals surface area contributed by atoms with Gasteiger partial charge in [0, 0.05) is 13.0 Å². The normalized spacial score (nSPS) is 14.0. The lowest BCUT2D eigenvalue weighted by molar-refractivity contribution is -0.870. The molecule has 0 aromatic rings. The van der Waals surface area contributed by atoms with Gasteiger partial charge in [-0.15, -0.1) is 0 Å². The molecular weight excluding hydrogens is 734 g/mol. The maximum Gasteiger partial charge on any atom is 0.472 e. The monoisotopic (exact) mass is 827 g/mol. The van der Waals surface area contributed by atoms with Crippen LogP contribution in [0, 0.1) is 0 Å². The van der Waals surface area contributed by atoms with Gasteiger partial charge in [0.25, 0.3) is 0 Å². The van der Waals surface area contributed by atoms with Crippen LogP contribution >= 0.6 is 7.82 Å². The molecule has 0 aromatic carbocycles. The summed E-state index contributed by atoms with van der Waals surface area (Å²) in [5.74, 6) is -0.323. The van der Waals surface area contributed by atoms with Crippen LogP contribution in [0.2, 0.25) is 0 Å². The highest BCUT2D eigenvalue weighted by Crippen LogP contribution is 2.43. The van der Waals surface area contributed by atoms with Crippen LogP contribution in [-0.2, 0) is 27.9 Å². The van der Waals surface area contributed by atoms with E-state index >= 15 is 0 Å². The zero-order valence-corrected chi connectivity index (χ0v) is 39.0. The number of phosphoric ester groups is 1. The van der Waals surface area contributed by atoms with Gasteiger partial charge >= 0.3 is 13.8 Å². The van der Waals surface area contributed by atoms with Crippen LogP contribution in [0.3, 0.4) is 0 Å². The van der Waals surface area contributed by atoms with Gasteiger partial charge in [0.05, 0.1) is 34.4 Å². The van der Waals surface area contributed by atoms with Gasteiger partial charge in [-0.05, 0) is 70.6 Å². The van der Waals surface area contributed by atoms with Crippen molar-refractivity contribution in [2.45, 2.75) is 213 Å². The third kappa shape index (κ3) is 45.7. The summed E-state index contributed by atoms with van der Waals surface area (Å²) in [6.45, 7) is 5.60. The van der Waals surface area contributed by atoms with E-state index in [1.54, 1.807) is 0 Å². The molecule has 0 aromatic heterocycles. The zero-order valence-electron chi connectivity index (χ0n) is 38.1. The second-order valence-corrected chi connectivity index (χ2v) is 18.6. The summed E-state index contributed by atoms with van der Waals surface area (Å²) in [6.07, 6.45) is 48.9. The van der Waals surface area contributed by atoms with Gasteiger partial charge in [-0.25, -0.2) is 4.57 Å². The van der Waals surface area contributed by atoms with Crippen molar-refractivity contribution in [3.63, 3.8) is 0 Å². The Hall–Kier alpha value is -1.28. The fraction of sp³-hybridized carbons (Fsp3) is 0.854. The Balaban J connectivity index is 4.21. The van der Waals surface area contributed by atoms with E-state index in [9.17, 15) is 14.3 Å². The number of nitrogens with zero attached hydrogens (tertiary/aromatic N) is 1. The third-order valence-electron chi connectivity index (χ3n) is 10.2. The molecule has 0 saturated carbocycles. The van der Waals surface area contributed by atoms with E-state index in [2.05, 4.69) is 50.3 Å². The van der Waals surface area contributed by atoms with Crippen molar-refractivity contribution < 1.29 is 37.3 Å².